The third-order valence-electron chi connectivity index (χ3n) is 12.9. The summed E-state index contributed by atoms with van der Waals surface area (Å²) in [5.41, 5.74) is 8.02. The Morgan fingerprint density at radius 3 is 1.61 bits per heavy atom. The molecule has 21 heteroatoms. The SMILES string of the molecule is CN(C)C/C=C/C(=O)N1CCC(C(=O)Nc2cccc(Nc3ncc(Cl)c(-c4c[nH]c5ccccc45)n3)c2)CC1.O=C(Cl)/C=C/CBr.O=C(Nc1cccc(Nc2ncc(Cl)c(-c3c[nH]c4ccccc34)n2)c1)C1CCNCC1. The number of fused-ring (bicyclic) bond motifs is 2. The Balaban J connectivity index is 0.000000189. The monoisotopic (exact) mass is 1190 g/mol. The number of likely N-dealkylation sites (tertiary alicyclic amines) is 1. The summed E-state index contributed by atoms with van der Waals surface area (Å²) in [6.45, 7) is 3.61. The topological polar surface area (TPSA) is 218 Å². The zero-order valence-electron chi connectivity index (χ0n) is 43.4. The van der Waals surface area contributed by atoms with E-state index in [1.165, 1.54) is 6.08 Å². The number of H-pyrrole nitrogens is 2. The van der Waals surface area contributed by atoms with Gasteiger partial charge in [-0.05, 0) is 119 Å². The van der Waals surface area contributed by atoms with E-state index in [4.69, 9.17) is 34.8 Å². The second kappa shape index (κ2) is 28.4. The molecule has 2 aliphatic rings. The molecule has 2 saturated heterocycles. The summed E-state index contributed by atoms with van der Waals surface area (Å²) in [6.07, 6.45) is 16.4. The molecule has 0 spiro atoms. The average Bonchev–Trinajstić information content (AvgIpc) is 4.18. The van der Waals surface area contributed by atoms with Crippen LogP contribution in [0.5, 0.6) is 0 Å². The van der Waals surface area contributed by atoms with Crippen molar-refractivity contribution in [3.8, 4) is 22.5 Å². The van der Waals surface area contributed by atoms with E-state index in [-0.39, 0.29) is 29.6 Å². The summed E-state index contributed by atoms with van der Waals surface area (Å²) in [4.78, 5) is 76.1. The van der Waals surface area contributed by atoms with E-state index in [9.17, 15) is 19.2 Å². The van der Waals surface area contributed by atoms with Crippen molar-refractivity contribution in [2.24, 2.45) is 11.8 Å². The molecule has 0 bridgehead atoms. The summed E-state index contributed by atoms with van der Waals surface area (Å²) < 4.78 is 0. The number of aromatic nitrogens is 6. The van der Waals surface area contributed by atoms with E-state index >= 15 is 0 Å². The van der Waals surface area contributed by atoms with E-state index in [2.05, 4.69) is 72.4 Å². The van der Waals surface area contributed by atoms with Crippen molar-refractivity contribution in [2.45, 2.75) is 25.7 Å². The number of hydrogen-bond donors (Lipinski definition) is 7. The number of piperidine rings is 2. The molecule has 4 aromatic carbocycles. The first kappa shape index (κ1) is 57.7. The molecule has 408 valence electrons. The molecule has 3 amide bonds. The van der Waals surface area contributed by atoms with E-state index < -0.39 is 5.24 Å². The van der Waals surface area contributed by atoms with Gasteiger partial charge in [0, 0.05) is 111 Å². The maximum Gasteiger partial charge on any atom is 0.246 e. The lowest BCUT2D eigenvalue weighted by Gasteiger charge is -2.30. The Bertz CT molecular complexity index is 3460. The number of allylic oxidation sites excluding steroid dienone is 2. The highest BCUT2D eigenvalue weighted by atomic mass is 79.9. The number of halogens is 4. The predicted octanol–water partition coefficient (Wildman–Crippen LogP) is 12.0. The van der Waals surface area contributed by atoms with Crippen LogP contribution in [0.15, 0.2) is 146 Å². The predicted molar refractivity (Wildman–Crippen MR) is 322 cm³/mol. The number of anilines is 6. The number of nitrogens with one attached hydrogen (secondary N) is 7. The van der Waals surface area contributed by atoms with Crippen LogP contribution >= 0.6 is 50.7 Å². The van der Waals surface area contributed by atoms with Crippen molar-refractivity contribution in [3.05, 3.63) is 156 Å². The summed E-state index contributed by atoms with van der Waals surface area (Å²) in [6, 6.07) is 30.9. The van der Waals surface area contributed by atoms with Crippen molar-refractivity contribution in [1.29, 1.82) is 0 Å². The van der Waals surface area contributed by atoms with E-state index in [1.54, 1.807) is 29.4 Å². The van der Waals surface area contributed by atoms with Crippen LogP contribution in [0.1, 0.15) is 25.7 Å². The number of nitrogens with zero attached hydrogens (tertiary/aromatic N) is 6. The average molecular weight is 1190 g/mol. The highest BCUT2D eigenvalue weighted by Crippen LogP contribution is 2.35. The van der Waals surface area contributed by atoms with Crippen molar-refractivity contribution in [3.63, 3.8) is 0 Å². The second-order valence-electron chi connectivity index (χ2n) is 18.8. The molecule has 4 aromatic heterocycles. The van der Waals surface area contributed by atoms with Crippen molar-refractivity contribution >= 4 is 130 Å². The Kier molecular flexibility index (Phi) is 20.8. The summed E-state index contributed by atoms with van der Waals surface area (Å²) >= 11 is 20.9. The first-order chi connectivity index (χ1) is 38.3. The third-order valence-corrected chi connectivity index (χ3v) is 14.0. The first-order valence-electron chi connectivity index (χ1n) is 25.6. The fraction of sp³-hybridized carbons (Fsp3) is 0.241. The van der Waals surface area contributed by atoms with Crippen molar-refractivity contribution in [1.82, 2.24) is 45.0 Å². The molecule has 0 saturated carbocycles. The van der Waals surface area contributed by atoms with Crippen LogP contribution < -0.4 is 26.6 Å². The molecule has 0 atom stereocenters. The summed E-state index contributed by atoms with van der Waals surface area (Å²) in [7, 11) is 3.91. The van der Waals surface area contributed by atoms with Gasteiger partial charge in [-0.3, -0.25) is 19.2 Å². The van der Waals surface area contributed by atoms with Crippen LogP contribution in [0.2, 0.25) is 10.0 Å². The van der Waals surface area contributed by atoms with Crippen LogP contribution in [-0.4, -0.2) is 115 Å². The van der Waals surface area contributed by atoms with Gasteiger partial charge in [0.1, 0.15) is 0 Å². The van der Waals surface area contributed by atoms with Gasteiger partial charge in [0.2, 0.25) is 34.9 Å². The molecule has 79 heavy (non-hydrogen) atoms. The van der Waals surface area contributed by atoms with Crippen LogP contribution in [0.25, 0.3) is 44.3 Å². The molecule has 2 aliphatic heterocycles. The highest BCUT2D eigenvalue weighted by Gasteiger charge is 2.27. The zero-order chi connectivity index (χ0) is 55.7. The molecule has 6 heterocycles. The Labute approximate surface area is 481 Å². The molecule has 10 rings (SSSR count). The summed E-state index contributed by atoms with van der Waals surface area (Å²) in [5.74, 6) is 0.735. The molecule has 7 N–H and O–H groups in total. The largest absolute Gasteiger partial charge is 0.360 e. The van der Waals surface area contributed by atoms with Crippen molar-refractivity contribution in [2.75, 3.05) is 73.4 Å². The number of benzene rings is 4. The van der Waals surface area contributed by atoms with E-state index in [0.717, 1.165) is 75.9 Å². The minimum atomic E-state index is -0.431. The van der Waals surface area contributed by atoms with Gasteiger partial charge in [-0.15, -0.1) is 0 Å². The lowest BCUT2D eigenvalue weighted by molar-refractivity contribution is -0.130. The quantitative estimate of drug-likeness (QED) is 0.0290. The van der Waals surface area contributed by atoms with Crippen LogP contribution in [0, 0.1) is 11.8 Å². The Morgan fingerprint density at radius 1 is 0.658 bits per heavy atom. The standard InChI is InChI=1S/C30H32ClN7O2.C24H23ClN6O.C4H4BrClO/c1-37(2)14-6-11-27(39)38-15-12-20(13-16-38)29(40)34-21-7-5-8-22(17-21)35-30-33-19-25(31)28(36-30)24-18-32-26-10-4-3-9-23(24)26;25-20-14-28-24(31-22(20)19-13-27-21-7-2-1-6-18(19)21)30-17-5-3-4-16(12-17)29-23(32)15-8-10-26-11-9-15;5-3-1-2-4(6)7/h3-11,17-20,32H,12-16H2,1-2H3,(H,34,40)(H,33,35,36);1-7,12-15,26-27H,8-11H2,(H,29,32)(H,28,30,31);1-2H,3H2/b11-6+;;2-1+. The van der Waals surface area contributed by atoms with Gasteiger partial charge < -0.3 is 46.4 Å². The number of hydrogen-bond acceptors (Lipinski definition) is 12. The smallest absolute Gasteiger partial charge is 0.246 e. The maximum absolute atomic E-state index is 13.0. The van der Waals surface area contributed by atoms with Crippen molar-refractivity contribution < 1.29 is 19.2 Å². The van der Waals surface area contributed by atoms with Crippen LogP contribution in [-0.2, 0) is 19.2 Å². The second-order valence-corrected chi connectivity index (χ2v) is 20.6. The number of aromatic amines is 2. The summed E-state index contributed by atoms with van der Waals surface area (Å²) in [5, 5.41) is 19.0. The minimum Gasteiger partial charge on any atom is -0.360 e. The highest BCUT2D eigenvalue weighted by molar-refractivity contribution is 9.09. The first-order valence-corrected chi connectivity index (χ1v) is 27.8. The maximum atomic E-state index is 13.0. The zero-order valence-corrected chi connectivity index (χ0v) is 47.3. The van der Waals surface area contributed by atoms with Crippen LogP contribution in [0.4, 0.5) is 34.6 Å². The van der Waals surface area contributed by atoms with E-state index in [1.807, 2.05) is 135 Å². The minimum absolute atomic E-state index is 0.00301. The Hall–Kier alpha value is -7.45. The number of para-hydroxylation sites is 2. The molecule has 0 aliphatic carbocycles. The number of carbonyl (C=O) groups is 4. The molecular formula is C58H59BrCl3N13O4. The Morgan fingerprint density at radius 2 is 1.14 bits per heavy atom. The van der Waals surface area contributed by atoms with E-state index in [0.29, 0.717) is 76.8 Å². The fourth-order valence-corrected chi connectivity index (χ4v) is 9.58. The lowest BCUT2D eigenvalue weighted by Crippen LogP contribution is -2.40. The molecule has 0 unspecified atom stereocenters. The number of alkyl halides is 1. The molecule has 0 radical (unpaired) electrons. The molecule has 2 fully saturated rings. The van der Waals surface area contributed by atoms with Gasteiger partial charge in [-0.25, -0.2) is 19.9 Å². The van der Waals surface area contributed by atoms with Gasteiger partial charge in [0.05, 0.1) is 33.8 Å². The van der Waals surface area contributed by atoms with Gasteiger partial charge >= 0.3 is 0 Å². The normalized spacial score (nSPS) is 13.9. The number of carbonyl (C=O) groups excluding carboxylic acids is 4. The third kappa shape index (κ3) is 16.3. The van der Waals surface area contributed by atoms with Gasteiger partial charge in [0.25, 0.3) is 0 Å². The van der Waals surface area contributed by atoms with Crippen LogP contribution in [0.3, 0.4) is 0 Å². The van der Waals surface area contributed by atoms with Gasteiger partial charge in [-0.1, -0.05) is 99.8 Å². The number of likely N-dealkylation sites (N-methyl/N-ethyl adjacent to an activating group) is 1. The number of amides is 3. The molecule has 17 nitrogen and oxygen atoms in total. The molecule has 8 aromatic rings. The number of rotatable bonds is 15. The van der Waals surface area contributed by atoms with Gasteiger partial charge in [-0.2, -0.15) is 0 Å². The van der Waals surface area contributed by atoms with Gasteiger partial charge in [0.15, 0.2) is 0 Å². The molecular weight excluding hydrogens is 1130 g/mol. The lowest BCUT2D eigenvalue weighted by atomic mass is 9.95. The fourth-order valence-electron chi connectivity index (χ4n) is 8.92.